The lowest BCUT2D eigenvalue weighted by Crippen LogP contribution is -2.06. The van der Waals surface area contributed by atoms with Gasteiger partial charge in [0.2, 0.25) is 10.7 Å². The van der Waals surface area contributed by atoms with E-state index in [1.807, 2.05) is 19.9 Å². The van der Waals surface area contributed by atoms with Crippen LogP contribution >= 0.6 is 15.9 Å². The molecule has 0 fully saturated rings. The van der Waals surface area contributed by atoms with Gasteiger partial charge in [0.15, 0.2) is 0 Å². The van der Waals surface area contributed by atoms with Crippen LogP contribution in [0.5, 0.6) is 0 Å². The lowest BCUT2D eigenvalue weighted by Gasteiger charge is -2.02. The van der Waals surface area contributed by atoms with Crippen LogP contribution < -0.4 is 5.73 Å². The average molecular weight is 269 g/mol. The van der Waals surface area contributed by atoms with Crippen LogP contribution in [0, 0.1) is 13.8 Å². The van der Waals surface area contributed by atoms with Crippen molar-refractivity contribution in [2.24, 2.45) is 0 Å². The molecule has 2 N–H and O–H groups in total. The van der Waals surface area contributed by atoms with Gasteiger partial charge in [0, 0.05) is 11.4 Å². The highest BCUT2D eigenvalue weighted by molar-refractivity contribution is 9.10. The van der Waals surface area contributed by atoms with Crippen molar-refractivity contribution in [3.8, 4) is 5.95 Å². The summed E-state index contributed by atoms with van der Waals surface area (Å²) in [6.45, 7) is 3.79. The molecule has 2 aromatic rings. The van der Waals surface area contributed by atoms with Gasteiger partial charge in [-0.1, -0.05) is 0 Å². The minimum atomic E-state index is 0.185. The van der Waals surface area contributed by atoms with Gasteiger partial charge in [-0.2, -0.15) is 9.67 Å². The zero-order valence-corrected chi connectivity index (χ0v) is 9.85. The van der Waals surface area contributed by atoms with Gasteiger partial charge in [-0.3, -0.25) is 0 Å². The van der Waals surface area contributed by atoms with Crippen molar-refractivity contribution in [3.63, 3.8) is 0 Å². The van der Waals surface area contributed by atoms with E-state index in [1.165, 1.54) is 4.68 Å². The first kappa shape index (κ1) is 10.0. The second-order valence-corrected chi connectivity index (χ2v) is 3.81. The molecule has 0 aliphatic heterocycles. The predicted octanol–water partition coefficient (Wildman–Crippen LogP) is 1.02. The average Bonchev–Trinajstić information content (AvgIpc) is 2.43. The lowest BCUT2D eigenvalue weighted by molar-refractivity contribution is 0.778. The molecule has 78 valence electrons. The molecule has 0 radical (unpaired) electrons. The minimum absolute atomic E-state index is 0.185. The molecule has 2 heterocycles. The lowest BCUT2D eigenvalue weighted by atomic mass is 10.4. The Kier molecular flexibility index (Phi) is 2.39. The molecule has 0 saturated carbocycles. The number of nitrogens with two attached hydrogens (primary N) is 1. The summed E-state index contributed by atoms with van der Waals surface area (Å²) in [5.74, 6) is 0.646. The molecule has 0 saturated heterocycles. The first-order valence-electron chi connectivity index (χ1n) is 4.27. The van der Waals surface area contributed by atoms with Gasteiger partial charge in [0.1, 0.15) is 0 Å². The van der Waals surface area contributed by atoms with E-state index in [4.69, 9.17) is 5.73 Å². The van der Waals surface area contributed by atoms with Crippen molar-refractivity contribution in [1.29, 1.82) is 0 Å². The number of anilines is 1. The molecule has 0 unspecified atom stereocenters. The van der Waals surface area contributed by atoms with Gasteiger partial charge in [-0.15, -0.1) is 5.10 Å². The van der Waals surface area contributed by atoms with Crippen LogP contribution in [-0.4, -0.2) is 24.7 Å². The number of halogens is 1. The zero-order chi connectivity index (χ0) is 11.0. The van der Waals surface area contributed by atoms with Gasteiger partial charge in [-0.05, 0) is 35.8 Å². The van der Waals surface area contributed by atoms with Crippen LogP contribution in [0.1, 0.15) is 11.4 Å². The molecule has 0 spiro atoms. The Bertz CT molecular complexity index is 486. The Labute approximate surface area is 94.7 Å². The van der Waals surface area contributed by atoms with E-state index in [2.05, 4.69) is 36.0 Å². The summed E-state index contributed by atoms with van der Waals surface area (Å²) in [6.07, 6.45) is 0. The maximum Gasteiger partial charge on any atom is 0.253 e. The second-order valence-electron chi connectivity index (χ2n) is 3.10. The van der Waals surface area contributed by atoms with Crippen LogP contribution in [0.2, 0.25) is 0 Å². The smallest absolute Gasteiger partial charge is 0.253 e. The van der Waals surface area contributed by atoms with E-state index in [1.54, 1.807) is 0 Å². The highest BCUT2D eigenvalue weighted by Crippen LogP contribution is 2.12. The summed E-state index contributed by atoms with van der Waals surface area (Å²) in [5, 5.41) is 3.97. The fourth-order valence-electron chi connectivity index (χ4n) is 1.24. The summed E-state index contributed by atoms with van der Waals surface area (Å²) < 4.78 is 1.94. The third-order valence-corrected chi connectivity index (χ3v) is 2.26. The van der Waals surface area contributed by atoms with Gasteiger partial charge in [0.25, 0.3) is 5.95 Å². The van der Waals surface area contributed by atoms with E-state index in [9.17, 15) is 0 Å². The molecule has 0 bridgehead atoms. The highest BCUT2D eigenvalue weighted by Gasteiger charge is 2.10. The van der Waals surface area contributed by atoms with Crippen LogP contribution in [0.4, 0.5) is 5.95 Å². The van der Waals surface area contributed by atoms with E-state index in [0.717, 1.165) is 11.4 Å². The fourth-order valence-corrected chi connectivity index (χ4v) is 1.66. The first-order valence-corrected chi connectivity index (χ1v) is 5.06. The van der Waals surface area contributed by atoms with E-state index in [-0.39, 0.29) is 5.95 Å². The molecule has 15 heavy (non-hydrogen) atoms. The molecule has 0 aliphatic carbocycles. The Hall–Kier alpha value is -1.50. The molecule has 2 aromatic heterocycles. The summed E-state index contributed by atoms with van der Waals surface area (Å²) in [5.41, 5.74) is 7.21. The van der Waals surface area contributed by atoms with Crippen molar-refractivity contribution in [2.45, 2.75) is 13.8 Å². The standard InChI is InChI=1S/C8H9BrN6/c1-4-3-5(2)12-8(11-4)15-6(9)13-7(10)14-15/h3H,1-2H3,(H2,10,14). The number of aryl methyl sites for hydroxylation is 2. The van der Waals surface area contributed by atoms with Gasteiger partial charge >= 0.3 is 0 Å². The second kappa shape index (κ2) is 3.58. The Morgan fingerprint density at radius 2 is 1.80 bits per heavy atom. The molecule has 7 heteroatoms. The highest BCUT2D eigenvalue weighted by atomic mass is 79.9. The molecule has 2 rings (SSSR count). The van der Waals surface area contributed by atoms with Crippen LogP contribution in [0.15, 0.2) is 10.8 Å². The molecule has 6 nitrogen and oxygen atoms in total. The van der Waals surface area contributed by atoms with Gasteiger partial charge in [-0.25, -0.2) is 9.97 Å². The Balaban J connectivity index is 2.58. The minimum Gasteiger partial charge on any atom is -0.366 e. The number of rotatable bonds is 1. The normalized spacial score (nSPS) is 10.6. The third kappa shape index (κ3) is 1.96. The summed E-state index contributed by atoms with van der Waals surface area (Å²) in [7, 11) is 0. The SMILES string of the molecule is Cc1cc(C)nc(-n2nc(N)nc2Br)n1. The van der Waals surface area contributed by atoms with Crippen molar-refractivity contribution >= 4 is 21.9 Å². The zero-order valence-electron chi connectivity index (χ0n) is 8.27. The van der Waals surface area contributed by atoms with Crippen molar-refractivity contribution in [1.82, 2.24) is 24.7 Å². The Morgan fingerprint density at radius 1 is 1.20 bits per heavy atom. The third-order valence-electron chi connectivity index (χ3n) is 1.74. The van der Waals surface area contributed by atoms with Crippen LogP contribution in [0.3, 0.4) is 0 Å². The number of nitrogen functional groups attached to an aromatic ring is 1. The van der Waals surface area contributed by atoms with E-state index >= 15 is 0 Å². The summed E-state index contributed by atoms with van der Waals surface area (Å²) in [6, 6.07) is 1.89. The monoisotopic (exact) mass is 268 g/mol. The van der Waals surface area contributed by atoms with E-state index in [0.29, 0.717) is 10.7 Å². The number of aromatic nitrogens is 5. The Morgan fingerprint density at radius 3 is 2.27 bits per heavy atom. The number of hydrogen-bond donors (Lipinski definition) is 1. The van der Waals surface area contributed by atoms with Crippen LogP contribution in [-0.2, 0) is 0 Å². The van der Waals surface area contributed by atoms with Crippen molar-refractivity contribution in [2.75, 3.05) is 5.73 Å². The van der Waals surface area contributed by atoms with Crippen molar-refractivity contribution < 1.29 is 0 Å². The topological polar surface area (TPSA) is 82.5 Å². The van der Waals surface area contributed by atoms with Gasteiger partial charge in [0.05, 0.1) is 0 Å². The maximum absolute atomic E-state index is 5.46. The summed E-state index contributed by atoms with van der Waals surface area (Å²) in [4.78, 5) is 12.4. The quantitative estimate of drug-likeness (QED) is 0.835. The molecule has 0 aromatic carbocycles. The summed E-state index contributed by atoms with van der Waals surface area (Å²) >= 11 is 3.23. The molecule has 0 amide bonds. The molecule has 0 atom stereocenters. The van der Waals surface area contributed by atoms with Crippen molar-refractivity contribution in [3.05, 3.63) is 22.2 Å². The molecular formula is C8H9BrN6. The maximum atomic E-state index is 5.46. The largest absolute Gasteiger partial charge is 0.366 e. The van der Waals surface area contributed by atoms with E-state index < -0.39 is 0 Å². The fraction of sp³-hybridized carbons (Fsp3) is 0.250. The predicted molar refractivity (Wildman–Crippen MR) is 58.5 cm³/mol. The van der Waals surface area contributed by atoms with Crippen LogP contribution in [0.25, 0.3) is 5.95 Å². The number of hydrogen-bond acceptors (Lipinski definition) is 5. The first-order chi connectivity index (χ1) is 7.06. The molecular weight excluding hydrogens is 260 g/mol. The molecule has 0 aliphatic rings. The van der Waals surface area contributed by atoms with Gasteiger partial charge < -0.3 is 5.73 Å². The number of nitrogens with zero attached hydrogens (tertiary/aromatic N) is 5.